The van der Waals surface area contributed by atoms with Crippen molar-refractivity contribution >= 4 is 35.2 Å². The Labute approximate surface area is 214 Å². The highest BCUT2D eigenvalue weighted by molar-refractivity contribution is 8.00. The molecule has 2 amide bonds. The molecule has 11 atom stereocenters. The van der Waals surface area contributed by atoms with Crippen LogP contribution in [0.1, 0.15) is 26.2 Å². The van der Waals surface area contributed by atoms with Crippen LogP contribution >= 0.6 is 23.4 Å². The van der Waals surface area contributed by atoms with Crippen LogP contribution in [0.15, 0.2) is 0 Å². The number of fused-ring (bicyclic) bond motifs is 1. The number of nitrogens with zero attached hydrogens (tertiary/aromatic N) is 1. The number of methoxy groups -OCH3 is 1. The summed E-state index contributed by atoms with van der Waals surface area (Å²) >= 11 is 8.04. The molecule has 1 aliphatic carbocycles. The van der Waals surface area contributed by atoms with Crippen molar-refractivity contribution in [3.05, 3.63) is 0 Å². The molecule has 35 heavy (non-hydrogen) atoms. The van der Waals surface area contributed by atoms with Gasteiger partial charge in [-0.15, -0.1) is 23.4 Å². The van der Waals surface area contributed by atoms with Crippen LogP contribution in [0.4, 0.5) is 8.78 Å². The molecule has 5 fully saturated rings. The number of ether oxygens (including phenoxy) is 1. The van der Waals surface area contributed by atoms with E-state index in [0.29, 0.717) is 38.6 Å². The predicted molar refractivity (Wildman–Crippen MR) is 130 cm³/mol. The standard InChI is InChI=1S/C23H36ClF2N5O3S/c1-10-3-11(12-5-19(24)28-7-17(12)34-2)15(6-27-10)21(32)30-23-29-16-8-31(9-18(16)35-23)22(33)14-4-13(14)20(25)26/h10-20,23,27-29H,3-9H2,1-2H3,(H,30,32)/t10?,11?,12?,13-,14+,15?,16?,17?,18?,19?,23?/m0/s1. The topological polar surface area (TPSA) is 94.7 Å². The van der Waals surface area contributed by atoms with E-state index >= 15 is 0 Å². The zero-order chi connectivity index (χ0) is 24.9. The van der Waals surface area contributed by atoms with Gasteiger partial charge in [-0.05, 0) is 38.0 Å². The van der Waals surface area contributed by atoms with Crippen LogP contribution < -0.4 is 21.3 Å². The summed E-state index contributed by atoms with van der Waals surface area (Å²) in [6.45, 7) is 4.48. The first-order chi connectivity index (χ1) is 16.7. The summed E-state index contributed by atoms with van der Waals surface area (Å²) in [5.74, 6) is -1.24. The number of rotatable bonds is 6. The third-order valence-corrected chi connectivity index (χ3v) is 10.2. The molecule has 4 N–H and O–H groups in total. The first-order valence-corrected chi connectivity index (χ1v) is 14.1. The number of carbonyl (C=O) groups excluding carboxylic acids is 2. The molecule has 9 unspecified atom stereocenters. The number of hydrogen-bond donors (Lipinski definition) is 4. The van der Waals surface area contributed by atoms with Crippen molar-refractivity contribution in [2.45, 2.75) is 67.0 Å². The molecule has 5 rings (SSSR count). The quantitative estimate of drug-likeness (QED) is 0.298. The third-order valence-electron chi connectivity index (χ3n) is 8.52. The number of nitrogens with one attached hydrogen (secondary N) is 4. The van der Waals surface area contributed by atoms with E-state index in [2.05, 4.69) is 28.2 Å². The van der Waals surface area contributed by atoms with E-state index in [-0.39, 0.29) is 58.0 Å². The van der Waals surface area contributed by atoms with Crippen molar-refractivity contribution in [1.82, 2.24) is 26.2 Å². The minimum atomic E-state index is -2.42. The molecule has 1 saturated carbocycles. The van der Waals surface area contributed by atoms with E-state index < -0.39 is 18.3 Å². The van der Waals surface area contributed by atoms with Gasteiger partial charge in [0.1, 0.15) is 5.50 Å². The molecule has 5 aliphatic rings. The maximum atomic E-state index is 13.5. The van der Waals surface area contributed by atoms with Crippen molar-refractivity contribution in [1.29, 1.82) is 0 Å². The first-order valence-electron chi connectivity index (χ1n) is 12.7. The smallest absolute Gasteiger partial charge is 0.242 e. The highest BCUT2D eigenvalue weighted by Gasteiger charge is 2.53. The van der Waals surface area contributed by atoms with E-state index in [1.807, 2.05) is 0 Å². The lowest BCUT2D eigenvalue weighted by Crippen LogP contribution is -2.57. The van der Waals surface area contributed by atoms with Crippen molar-refractivity contribution in [2.24, 2.45) is 29.6 Å². The van der Waals surface area contributed by atoms with Crippen LogP contribution in [0, 0.1) is 29.6 Å². The van der Waals surface area contributed by atoms with E-state index in [1.165, 1.54) is 0 Å². The fourth-order valence-corrected chi connectivity index (χ4v) is 8.16. The number of alkyl halides is 3. The zero-order valence-corrected chi connectivity index (χ0v) is 21.7. The average molecular weight is 536 g/mol. The Morgan fingerprint density at radius 3 is 2.60 bits per heavy atom. The number of piperidine rings is 2. The summed E-state index contributed by atoms with van der Waals surface area (Å²) in [7, 11) is 1.72. The van der Waals surface area contributed by atoms with Crippen LogP contribution in [-0.2, 0) is 14.3 Å². The van der Waals surface area contributed by atoms with Gasteiger partial charge >= 0.3 is 0 Å². The van der Waals surface area contributed by atoms with Gasteiger partial charge in [0.2, 0.25) is 18.2 Å². The zero-order valence-electron chi connectivity index (χ0n) is 20.1. The molecule has 8 nitrogen and oxygen atoms in total. The number of likely N-dealkylation sites (tertiary alicyclic amines) is 1. The van der Waals surface area contributed by atoms with Gasteiger partial charge in [-0.2, -0.15) is 0 Å². The van der Waals surface area contributed by atoms with Gasteiger partial charge in [-0.1, -0.05) is 0 Å². The largest absolute Gasteiger partial charge is 0.380 e. The fourth-order valence-electron chi connectivity index (χ4n) is 6.46. The molecule has 0 aromatic carbocycles. The molecule has 0 radical (unpaired) electrons. The van der Waals surface area contributed by atoms with Crippen LogP contribution in [0.2, 0.25) is 0 Å². The Bertz CT molecular complexity index is 801. The summed E-state index contributed by atoms with van der Waals surface area (Å²) in [4.78, 5) is 27.7. The van der Waals surface area contributed by atoms with Crippen LogP contribution in [0.25, 0.3) is 0 Å². The van der Waals surface area contributed by atoms with E-state index in [9.17, 15) is 18.4 Å². The van der Waals surface area contributed by atoms with Gasteiger partial charge in [0, 0.05) is 62.5 Å². The number of thioether (sulfide) groups is 1. The number of carbonyl (C=O) groups is 2. The van der Waals surface area contributed by atoms with E-state index in [1.54, 1.807) is 23.8 Å². The molecule has 4 saturated heterocycles. The molecule has 0 aromatic rings. The SMILES string of the molecule is COC1CNC(Cl)CC1C1CC(C)NCC1C(=O)NC1NC2CN(C(=O)[C@@H]3C[C@@H]3C(F)F)CC2S1. The minimum absolute atomic E-state index is 0.0181. The Kier molecular flexibility index (Phi) is 7.82. The summed E-state index contributed by atoms with van der Waals surface area (Å²) in [6, 6.07) is 0.376. The molecule has 0 aromatic heterocycles. The lowest BCUT2D eigenvalue weighted by molar-refractivity contribution is -0.133. The van der Waals surface area contributed by atoms with Crippen molar-refractivity contribution in [3.63, 3.8) is 0 Å². The molecular weight excluding hydrogens is 500 g/mol. The van der Waals surface area contributed by atoms with Gasteiger partial charge in [0.15, 0.2) is 0 Å². The van der Waals surface area contributed by atoms with Crippen LogP contribution in [0.5, 0.6) is 0 Å². The lowest BCUT2D eigenvalue weighted by Gasteiger charge is -2.45. The summed E-state index contributed by atoms with van der Waals surface area (Å²) in [6.07, 6.45) is -0.450. The Hall–Kier alpha value is -0.720. The van der Waals surface area contributed by atoms with Crippen molar-refractivity contribution in [3.8, 4) is 0 Å². The summed E-state index contributed by atoms with van der Waals surface area (Å²) < 4.78 is 31.5. The molecule has 198 valence electrons. The van der Waals surface area contributed by atoms with Crippen molar-refractivity contribution in [2.75, 3.05) is 33.3 Å². The van der Waals surface area contributed by atoms with E-state index in [0.717, 1.165) is 12.8 Å². The second kappa shape index (κ2) is 10.6. The molecule has 4 aliphatic heterocycles. The Morgan fingerprint density at radius 2 is 1.91 bits per heavy atom. The highest BCUT2D eigenvalue weighted by atomic mass is 35.5. The maximum absolute atomic E-state index is 13.5. The summed E-state index contributed by atoms with van der Waals surface area (Å²) in [5, 5.41) is 13.5. The van der Waals surface area contributed by atoms with Gasteiger partial charge in [0.25, 0.3) is 0 Å². The Morgan fingerprint density at radius 1 is 1.11 bits per heavy atom. The number of halogens is 3. The highest BCUT2D eigenvalue weighted by Crippen LogP contribution is 2.45. The summed E-state index contributed by atoms with van der Waals surface area (Å²) in [5.41, 5.74) is -0.347. The average Bonchev–Trinajstić information content (AvgIpc) is 3.41. The number of hydrogen-bond acceptors (Lipinski definition) is 7. The van der Waals surface area contributed by atoms with Gasteiger partial charge in [0.05, 0.1) is 17.5 Å². The second-order valence-corrected chi connectivity index (χ2v) is 12.7. The molecule has 0 bridgehead atoms. The minimum Gasteiger partial charge on any atom is -0.380 e. The fraction of sp³-hybridized carbons (Fsp3) is 0.913. The molecular formula is C23H36ClF2N5O3S. The molecule has 0 spiro atoms. The van der Waals surface area contributed by atoms with Gasteiger partial charge < -0.3 is 20.3 Å². The van der Waals surface area contributed by atoms with Crippen LogP contribution in [-0.4, -0.2) is 90.9 Å². The van der Waals surface area contributed by atoms with Gasteiger partial charge in [-0.3, -0.25) is 20.2 Å². The second-order valence-electron chi connectivity index (χ2n) is 10.8. The molecule has 12 heteroatoms. The van der Waals surface area contributed by atoms with Crippen molar-refractivity contribution < 1.29 is 23.1 Å². The number of amides is 2. The predicted octanol–water partition coefficient (Wildman–Crippen LogP) is 1.01. The lowest BCUT2D eigenvalue weighted by atomic mass is 9.70. The van der Waals surface area contributed by atoms with Gasteiger partial charge in [-0.25, -0.2) is 8.78 Å². The normalized spacial score (nSPS) is 45.4. The maximum Gasteiger partial charge on any atom is 0.242 e. The molecule has 4 heterocycles. The monoisotopic (exact) mass is 535 g/mol. The van der Waals surface area contributed by atoms with Crippen LogP contribution in [0.3, 0.4) is 0 Å². The Balaban J connectivity index is 1.16. The first kappa shape index (κ1) is 25.9. The van der Waals surface area contributed by atoms with E-state index in [4.69, 9.17) is 16.3 Å². The third kappa shape index (κ3) is 5.45.